The minimum atomic E-state index is -0.315. The van der Waals surface area contributed by atoms with Crippen LogP contribution in [0.2, 0.25) is 5.02 Å². The number of hydrogen-bond acceptors (Lipinski definition) is 2. The van der Waals surface area contributed by atoms with E-state index in [4.69, 9.17) is 11.6 Å². The lowest BCUT2D eigenvalue weighted by Gasteiger charge is -2.24. The maximum absolute atomic E-state index is 14.0. The summed E-state index contributed by atoms with van der Waals surface area (Å²) in [4.78, 5) is 26.5. The standard InChI is InChI=1S/C30H37ClFNO2.C7H8.C5H12/c1-5-9-21(10-6-2)17-19(3)27(25-13-8-14-26(31)28(25)20(4)34)30(35)33-29(22-15-16-22)23-11-7-12-24(32)18-23;1-7-5-3-2-4-6-7;1-5(2,3)4/h7-8,11-14,18,21-22,29H,5-6,9-10,15-17H2,1-4H3,(H,33,35);2-6H,1H3;1-4H3/b27-19-;;/t29-;;/m0../s1. The third kappa shape index (κ3) is 14.6. The van der Waals surface area contributed by atoms with Crippen molar-refractivity contribution in [2.45, 2.75) is 113 Å². The minimum absolute atomic E-state index is 0.175. The number of hydrogen-bond donors (Lipinski definition) is 1. The molecule has 1 saturated carbocycles. The highest BCUT2D eigenvalue weighted by molar-refractivity contribution is 6.35. The highest BCUT2D eigenvalue weighted by Gasteiger charge is 2.35. The van der Waals surface area contributed by atoms with Crippen LogP contribution in [0.25, 0.3) is 5.57 Å². The van der Waals surface area contributed by atoms with Gasteiger partial charge in [0.1, 0.15) is 5.82 Å². The molecular formula is C42H57ClFNO2. The first kappa shape index (κ1) is 39.9. The van der Waals surface area contributed by atoms with Crippen molar-refractivity contribution in [1.82, 2.24) is 5.32 Å². The Morgan fingerprint density at radius 1 is 0.894 bits per heavy atom. The maximum Gasteiger partial charge on any atom is 0.252 e. The molecule has 0 aliphatic heterocycles. The normalized spacial score (nSPS) is 13.8. The molecule has 1 aliphatic carbocycles. The van der Waals surface area contributed by atoms with Gasteiger partial charge in [0.15, 0.2) is 5.78 Å². The Bertz CT molecular complexity index is 1440. The van der Waals surface area contributed by atoms with E-state index in [9.17, 15) is 14.0 Å². The van der Waals surface area contributed by atoms with Gasteiger partial charge in [-0.05, 0) is 86.6 Å². The van der Waals surface area contributed by atoms with E-state index in [1.165, 1.54) is 24.6 Å². The fourth-order valence-electron chi connectivity index (χ4n) is 5.69. The molecular weight excluding hydrogens is 605 g/mol. The van der Waals surface area contributed by atoms with Gasteiger partial charge in [0, 0.05) is 11.1 Å². The Morgan fingerprint density at radius 3 is 1.94 bits per heavy atom. The average Bonchev–Trinajstić information content (AvgIpc) is 3.82. The van der Waals surface area contributed by atoms with Crippen LogP contribution < -0.4 is 5.32 Å². The fourth-order valence-corrected chi connectivity index (χ4v) is 5.99. The summed E-state index contributed by atoms with van der Waals surface area (Å²) in [7, 11) is 0. The van der Waals surface area contributed by atoms with Crippen molar-refractivity contribution in [1.29, 1.82) is 0 Å². The second-order valence-electron chi connectivity index (χ2n) is 14.5. The number of allylic oxidation sites excluding steroid dienone is 1. The Balaban J connectivity index is 0.000000537. The summed E-state index contributed by atoms with van der Waals surface area (Å²) in [5.74, 6) is 0.0218. The molecule has 0 spiro atoms. The smallest absolute Gasteiger partial charge is 0.252 e. The SMILES string of the molecule is CC(C)(C)C.CCCC(CCC)C/C(C)=C(\C(=O)N[C@H](c1cccc(F)c1)C1CC1)c1cccc(Cl)c1C(C)=O.Cc1ccccc1. The summed E-state index contributed by atoms with van der Waals surface area (Å²) in [6.07, 6.45) is 7.10. The van der Waals surface area contributed by atoms with Gasteiger partial charge < -0.3 is 5.32 Å². The van der Waals surface area contributed by atoms with Crippen LogP contribution in [0.4, 0.5) is 4.39 Å². The number of aryl methyl sites for hydroxylation is 1. The molecule has 3 nitrogen and oxygen atoms in total. The average molecular weight is 662 g/mol. The molecule has 1 amide bonds. The second-order valence-corrected chi connectivity index (χ2v) is 14.9. The summed E-state index contributed by atoms with van der Waals surface area (Å²) < 4.78 is 14.0. The molecule has 0 unspecified atom stereocenters. The molecule has 47 heavy (non-hydrogen) atoms. The Kier molecular flexibility index (Phi) is 16.6. The van der Waals surface area contributed by atoms with E-state index < -0.39 is 0 Å². The van der Waals surface area contributed by atoms with Crippen molar-refractivity contribution in [3.8, 4) is 0 Å². The number of amides is 1. The Hall–Kier alpha value is -3.24. The molecule has 3 aromatic rings. The van der Waals surface area contributed by atoms with Crippen LogP contribution in [0, 0.1) is 30.0 Å². The highest BCUT2D eigenvalue weighted by Crippen LogP contribution is 2.42. The van der Waals surface area contributed by atoms with Gasteiger partial charge in [-0.3, -0.25) is 9.59 Å². The number of nitrogens with one attached hydrogen (secondary N) is 1. The van der Waals surface area contributed by atoms with Crippen LogP contribution >= 0.6 is 11.6 Å². The molecule has 256 valence electrons. The second kappa shape index (κ2) is 19.5. The van der Waals surface area contributed by atoms with Crippen LogP contribution in [-0.4, -0.2) is 11.7 Å². The molecule has 4 rings (SSSR count). The largest absolute Gasteiger partial charge is 0.345 e. The van der Waals surface area contributed by atoms with Crippen LogP contribution in [0.15, 0.2) is 78.4 Å². The van der Waals surface area contributed by atoms with Gasteiger partial charge in [0.05, 0.1) is 11.1 Å². The van der Waals surface area contributed by atoms with E-state index in [1.54, 1.807) is 18.2 Å². The highest BCUT2D eigenvalue weighted by atomic mass is 35.5. The number of rotatable bonds is 12. The number of benzene rings is 3. The van der Waals surface area contributed by atoms with Crippen LogP contribution in [0.1, 0.15) is 133 Å². The zero-order valence-electron chi connectivity index (χ0n) is 30.2. The number of halogens is 2. The molecule has 1 N–H and O–H groups in total. The minimum Gasteiger partial charge on any atom is -0.345 e. The van der Waals surface area contributed by atoms with E-state index in [2.05, 4.69) is 65.9 Å². The van der Waals surface area contributed by atoms with Crippen LogP contribution in [-0.2, 0) is 4.79 Å². The summed E-state index contributed by atoms with van der Waals surface area (Å²) >= 11 is 6.45. The van der Waals surface area contributed by atoms with Crippen molar-refractivity contribution in [3.63, 3.8) is 0 Å². The van der Waals surface area contributed by atoms with Gasteiger partial charge in [-0.25, -0.2) is 4.39 Å². The molecule has 1 fully saturated rings. The van der Waals surface area contributed by atoms with E-state index in [0.717, 1.165) is 56.1 Å². The van der Waals surface area contributed by atoms with Crippen molar-refractivity contribution in [2.24, 2.45) is 17.3 Å². The predicted molar refractivity (Wildman–Crippen MR) is 198 cm³/mol. The number of carbonyl (C=O) groups is 2. The van der Waals surface area contributed by atoms with E-state index in [-0.39, 0.29) is 29.5 Å². The summed E-state index contributed by atoms with van der Waals surface area (Å²) in [5, 5.41) is 3.55. The van der Waals surface area contributed by atoms with Gasteiger partial charge in [-0.2, -0.15) is 0 Å². The van der Waals surface area contributed by atoms with Gasteiger partial charge in [-0.15, -0.1) is 0 Å². The van der Waals surface area contributed by atoms with E-state index in [0.29, 0.717) is 33.1 Å². The molecule has 0 heterocycles. The van der Waals surface area contributed by atoms with Crippen molar-refractivity contribution < 1.29 is 14.0 Å². The van der Waals surface area contributed by atoms with Crippen molar-refractivity contribution in [2.75, 3.05) is 0 Å². The monoisotopic (exact) mass is 661 g/mol. The van der Waals surface area contributed by atoms with E-state index >= 15 is 0 Å². The zero-order valence-corrected chi connectivity index (χ0v) is 30.9. The molecule has 0 aromatic heterocycles. The predicted octanol–water partition coefficient (Wildman–Crippen LogP) is 12.4. The third-order valence-corrected chi connectivity index (χ3v) is 8.12. The Morgan fingerprint density at radius 2 is 1.47 bits per heavy atom. The van der Waals surface area contributed by atoms with E-state index in [1.807, 2.05) is 37.3 Å². The fraction of sp³-hybridized carbons (Fsp3) is 0.476. The van der Waals surface area contributed by atoms with Gasteiger partial charge in [0.25, 0.3) is 5.91 Å². The summed E-state index contributed by atoms with van der Waals surface area (Å²) in [6.45, 7) is 18.7. The first-order valence-corrected chi connectivity index (χ1v) is 17.6. The summed E-state index contributed by atoms with van der Waals surface area (Å²) in [5.41, 5.74) is 4.99. The quantitative estimate of drug-likeness (QED) is 0.155. The number of carbonyl (C=O) groups excluding carboxylic acids is 2. The molecule has 5 heteroatoms. The lowest BCUT2D eigenvalue weighted by molar-refractivity contribution is -0.116. The van der Waals surface area contributed by atoms with Gasteiger partial charge >= 0.3 is 0 Å². The number of Topliss-reactive ketones (excluding diaryl/α,β-unsaturated/α-hetero) is 1. The third-order valence-electron chi connectivity index (χ3n) is 7.81. The number of ketones is 1. The van der Waals surface area contributed by atoms with Crippen LogP contribution in [0.3, 0.4) is 0 Å². The molecule has 1 aliphatic rings. The lowest BCUT2D eigenvalue weighted by atomic mass is 9.86. The Labute approximate surface area is 289 Å². The zero-order chi connectivity index (χ0) is 35.1. The lowest BCUT2D eigenvalue weighted by Crippen LogP contribution is -2.31. The van der Waals surface area contributed by atoms with Crippen molar-refractivity contribution >= 4 is 28.9 Å². The molecule has 0 radical (unpaired) electrons. The summed E-state index contributed by atoms with van der Waals surface area (Å²) in [6, 6.07) is 21.7. The first-order chi connectivity index (χ1) is 22.2. The van der Waals surface area contributed by atoms with Gasteiger partial charge in [0.2, 0.25) is 0 Å². The molecule has 0 saturated heterocycles. The van der Waals surface area contributed by atoms with Crippen LogP contribution in [0.5, 0.6) is 0 Å². The maximum atomic E-state index is 14.0. The molecule has 1 atom stereocenters. The topological polar surface area (TPSA) is 46.2 Å². The van der Waals surface area contributed by atoms with Gasteiger partial charge in [-0.1, -0.05) is 145 Å². The first-order valence-electron chi connectivity index (χ1n) is 17.2. The molecule has 0 bridgehead atoms. The molecule has 3 aromatic carbocycles. The van der Waals surface area contributed by atoms with Crippen molar-refractivity contribution in [3.05, 3.63) is 111 Å².